The molecule has 1 rings (SSSR count). The number of nitrogens with zero attached hydrogens (tertiary/aromatic N) is 1. The van der Waals surface area contributed by atoms with E-state index in [0.717, 1.165) is 12.1 Å². The summed E-state index contributed by atoms with van der Waals surface area (Å²) < 4.78 is 0. The molecule has 0 aliphatic rings. The lowest BCUT2D eigenvalue weighted by Gasteiger charge is -2.08. The molecule has 0 saturated carbocycles. The van der Waals surface area contributed by atoms with Crippen LogP contribution in [0.2, 0.25) is 0 Å². The Bertz CT molecular complexity index is 542. The number of halogens is 1. The predicted molar refractivity (Wildman–Crippen MR) is 65.3 cm³/mol. The number of Topliss-reactive ketones (excluding diaryl/α,β-unsaturated/α-hetero) is 1. The molecular formula is C11H10ClNO6. The molecule has 2 N–H and O–H groups in total. The Labute approximate surface area is 112 Å². The van der Waals surface area contributed by atoms with Crippen molar-refractivity contribution >= 4 is 29.0 Å². The van der Waals surface area contributed by atoms with Crippen molar-refractivity contribution in [2.24, 2.45) is 0 Å². The van der Waals surface area contributed by atoms with Crippen LogP contribution in [0.4, 0.5) is 5.69 Å². The molecule has 0 amide bonds. The summed E-state index contributed by atoms with van der Waals surface area (Å²) in [5, 5.41) is 28.0. The lowest BCUT2D eigenvalue weighted by atomic mass is 10.0. The molecule has 2 unspecified atom stereocenters. The molecule has 0 aromatic heterocycles. The first-order valence-electron chi connectivity index (χ1n) is 5.13. The van der Waals surface area contributed by atoms with E-state index >= 15 is 0 Å². The molecule has 1 aromatic carbocycles. The fourth-order valence-corrected chi connectivity index (χ4v) is 1.57. The standard InChI is InChI=1S/C11H10ClNO6/c1-5(12)9(14)6-2-3-7(10(15)11(16)17)8(4-6)13(18)19/h2-5,10,15H,1H3,(H,16,17). The maximum absolute atomic E-state index is 11.6. The van der Waals surface area contributed by atoms with Crippen LogP contribution in [0.1, 0.15) is 28.9 Å². The summed E-state index contributed by atoms with van der Waals surface area (Å²) in [5.74, 6) is -2.14. The number of rotatable bonds is 5. The number of nitro benzene ring substituents is 1. The molecule has 0 radical (unpaired) electrons. The highest BCUT2D eigenvalue weighted by Gasteiger charge is 2.27. The van der Waals surface area contributed by atoms with Gasteiger partial charge in [0.1, 0.15) is 0 Å². The highest BCUT2D eigenvalue weighted by Crippen LogP contribution is 2.27. The quantitative estimate of drug-likeness (QED) is 0.367. The van der Waals surface area contributed by atoms with Gasteiger partial charge in [0.05, 0.1) is 15.9 Å². The number of aliphatic hydroxyl groups excluding tert-OH is 1. The predicted octanol–water partition coefficient (Wildman–Crippen LogP) is 1.52. The smallest absolute Gasteiger partial charge is 0.337 e. The summed E-state index contributed by atoms with van der Waals surface area (Å²) in [7, 11) is 0. The average molecular weight is 288 g/mol. The van der Waals surface area contributed by atoms with Crippen LogP contribution in [0.3, 0.4) is 0 Å². The fraction of sp³-hybridized carbons (Fsp3) is 0.273. The van der Waals surface area contributed by atoms with Crippen LogP contribution in [0.5, 0.6) is 0 Å². The van der Waals surface area contributed by atoms with Crippen LogP contribution >= 0.6 is 11.6 Å². The molecule has 0 bridgehead atoms. The molecule has 102 valence electrons. The van der Waals surface area contributed by atoms with Crippen LogP contribution in [-0.4, -0.2) is 32.3 Å². The number of benzene rings is 1. The van der Waals surface area contributed by atoms with E-state index in [9.17, 15) is 24.8 Å². The van der Waals surface area contributed by atoms with Crippen molar-refractivity contribution in [1.82, 2.24) is 0 Å². The molecule has 1 aromatic rings. The summed E-state index contributed by atoms with van der Waals surface area (Å²) in [6.45, 7) is 1.41. The van der Waals surface area contributed by atoms with Gasteiger partial charge in [0.15, 0.2) is 11.9 Å². The van der Waals surface area contributed by atoms with Crippen molar-refractivity contribution in [2.75, 3.05) is 0 Å². The third kappa shape index (κ3) is 3.27. The molecule has 0 spiro atoms. The van der Waals surface area contributed by atoms with Gasteiger partial charge in [-0.3, -0.25) is 14.9 Å². The van der Waals surface area contributed by atoms with Gasteiger partial charge in [-0.15, -0.1) is 11.6 Å². The van der Waals surface area contributed by atoms with Gasteiger partial charge in [-0.05, 0) is 13.0 Å². The average Bonchev–Trinajstić information content (AvgIpc) is 2.35. The number of aliphatic carboxylic acids is 1. The maximum atomic E-state index is 11.6. The maximum Gasteiger partial charge on any atom is 0.337 e. The number of hydrogen-bond donors (Lipinski definition) is 2. The fourth-order valence-electron chi connectivity index (χ4n) is 1.45. The zero-order valence-corrected chi connectivity index (χ0v) is 10.5. The Morgan fingerprint density at radius 3 is 2.42 bits per heavy atom. The van der Waals surface area contributed by atoms with Gasteiger partial charge in [0, 0.05) is 11.6 Å². The van der Waals surface area contributed by atoms with Gasteiger partial charge in [0.2, 0.25) is 0 Å². The molecule has 0 fully saturated rings. The van der Waals surface area contributed by atoms with E-state index in [1.54, 1.807) is 0 Å². The first-order valence-corrected chi connectivity index (χ1v) is 5.56. The minimum absolute atomic E-state index is 0.0180. The largest absolute Gasteiger partial charge is 0.479 e. The monoisotopic (exact) mass is 287 g/mol. The Kier molecular flexibility index (Phi) is 4.57. The molecule has 0 saturated heterocycles. The van der Waals surface area contributed by atoms with Crippen molar-refractivity contribution in [1.29, 1.82) is 0 Å². The normalized spacial score (nSPS) is 13.6. The summed E-state index contributed by atoms with van der Waals surface area (Å²) in [6, 6.07) is 3.13. The number of carbonyl (C=O) groups is 2. The van der Waals surface area contributed by atoms with Gasteiger partial charge in [0.25, 0.3) is 5.69 Å². The topological polar surface area (TPSA) is 118 Å². The number of hydrogen-bond acceptors (Lipinski definition) is 5. The van der Waals surface area contributed by atoms with Crippen LogP contribution in [0.25, 0.3) is 0 Å². The van der Waals surface area contributed by atoms with Crippen molar-refractivity contribution < 1.29 is 24.7 Å². The summed E-state index contributed by atoms with van der Waals surface area (Å²) in [5.41, 5.74) is -1.05. The SMILES string of the molecule is CC(Cl)C(=O)c1ccc(C(O)C(=O)O)c([N+](=O)[O-])c1. The summed E-state index contributed by atoms with van der Waals surface area (Å²) in [6.07, 6.45) is -2.03. The molecular weight excluding hydrogens is 278 g/mol. The van der Waals surface area contributed by atoms with Crippen LogP contribution in [-0.2, 0) is 4.79 Å². The number of carbonyl (C=O) groups excluding carboxylic acids is 1. The van der Waals surface area contributed by atoms with E-state index in [1.807, 2.05) is 0 Å². The van der Waals surface area contributed by atoms with Crippen LogP contribution in [0.15, 0.2) is 18.2 Å². The molecule has 2 atom stereocenters. The number of alkyl halides is 1. The summed E-state index contributed by atoms with van der Waals surface area (Å²) >= 11 is 5.58. The van der Waals surface area contributed by atoms with Gasteiger partial charge in [-0.25, -0.2) is 4.79 Å². The third-order valence-corrected chi connectivity index (χ3v) is 2.60. The second kappa shape index (κ2) is 5.77. The van der Waals surface area contributed by atoms with E-state index in [0.29, 0.717) is 0 Å². The summed E-state index contributed by atoms with van der Waals surface area (Å²) in [4.78, 5) is 32.2. The van der Waals surface area contributed by atoms with E-state index < -0.39 is 39.4 Å². The Morgan fingerprint density at radius 2 is 2.00 bits per heavy atom. The number of aliphatic hydroxyl groups is 1. The van der Waals surface area contributed by atoms with Gasteiger partial charge in [-0.1, -0.05) is 6.07 Å². The van der Waals surface area contributed by atoms with Gasteiger partial charge < -0.3 is 10.2 Å². The zero-order chi connectivity index (χ0) is 14.7. The van der Waals surface area contributed by atoms with Crippen LogP contribution in [0, 0.1) is 10.1 Å². The van der Waals surface area contributed by atoms with E-state index in [-0.39, 0.29) is 5.56 Å². The molecule has 8 heteroatoms. The third-order valence-electron chi connectivity index (χ3n) is 2.40. The molecule has 0 aliphatic heterocycles. The van der Waals surface area contributed by atoms with Crippen molar-refractivity contribution in [3.05, 3.63) is 39.4 Å². The van der Waals surface area contributed by atoms with Crippen LogP contribution < -0.4 is 0 Å². The van der Waals surface area contributed by atoms with Crippen molar-refractivity contribution in [2.45, 2.75) is 18.4 Å². The van der Waals surface area contributed by atoms with E-state index in [1.165, 1.54) is 13.0 Å². The number of ketones is 1. The molecule has 19 heavy (non-hydrogen) atoms. The van der Waals surface area contributed by atoms with Gasteiger partial charge >= 0.3 is 5.97 Å². The Hall–Kier alpha value is -1.99. The molecule has 0 aliphatic carbocycles. The zero-order valence-electron chi connectivity index (χ0n) is 9.74. The van der Waals surface area contributed by atoms with Crippen molar-refractivity contribution in [3.8, 4) is 0 Å². The second-order valence-corrected chi connectivity index (χ2v) is 4.41. The number of carboxylic acid groups (broad SMARTS) is 1. The minimum atomic E-state index is -2.03. The lowest BCUT2D eigenvalue weighted by Crippen LogP contribution is -2.15. The number of carboxylic acids is 1. The van der Waals surface area contributed by atoms with E-state index in [2.05, 4.69) is 0 Å². The van der Waals surface area contributed by atoms with Gasteiger partial charge in [-0.2, -0.15) is 0 Å². The highest BCUT2D eigenvalue weighted by atomic mass is 35.5. The Morgan fingerprint density at radius 1 is 1.42 bits per heavy atom. The second-order valence-electron chi connectivity index (χ2n) is 3.75. The molecule has 0 heterocycles. The Balaban J connectivity index is 3.34. The first-order chi connectivity index (χ1) is 8.75. The first kappa shape index (κ1) is 15.1. The molecule has 7 nitrogen and oxygen atoms in total. The highest BCUT2D eigenvalue weighted by molar-refractivity contribution is 6.33. The van der Waals surface area contributed by atoms with E-state index in [4.69, 9.17) is 16.7 Å². The lowest BCUT2D eigenvalue weighted by molar-refractivity contribution is -0.386. The van der Waals surface area contributed by atoms with Crippen molar-refractivity contribution in [3.63, 3.8) is 0 Å². The number of nitro groups is 1. The minimum Gasteiger partial charge on any atom is -0.479 e.